The maximum absolute atomic E-state index is 11.8. The summed E-state index contributed by atoms with van der Waals surface area (Å²) in [5.41, 5.74) is 5.92. The average Bonchev–Trinajstić information content (AvgIpc) is 4.06. The Kier molecular flexibility index (Phi) is 18.9. The van der Waals surface area contributed by atoms with Crippen molar-refractivity contribution in [2.24, 2.45) is 0 Å². The van der Waals surface area contributed by atoms with E-state index in [1.54, 1.807) is 7.11 Å². The minimum absolute atomic E-state index is 0.0366. The third kappa shape index (κ3) is 14.3. The first kappa shape index (κ1) is 50.7. The summed E-state index contributed by atoms with van der Waals surface area (Å²) in [6.07, 6.45) is -9.25. The average molecular weight is 969 g/mol. The van der Waals surface area contributed by atoms with Gasteiger partial charge in [0.05, 0.1) is 59.5 Å². The molecule has 6 aromatic carbocycles. The predicted octanol–water partition coefficient (Wildman–Crippen LogP) is 8.35. The summed E-state index contributed by atoms with van der Waals surface area (Å²) in [7, 11) is 1.59. The Morgan fingerprint density at radius 3 is 1.01 bits per heavy atom. The normalized spacial score (nSPS) is 27.3. The molecule has 13 nitrogen and oxygen atoms in total. The van der Waals surface area contributed by atoms with Gasteiger partial charge in [-0.05, 0) is 33.4 Å². The smallest absolute Gasteiger partial charge is 0.187 e. The van der Waals surface area contributed by atoms with E-state index in [0.29, 0.717) is 19.8 Å². The Labute approximate surface area is 416 Å². The molecule has 3 saturated heterocycles. The topological polar surface area (TPSA) is 131 Å². The monoisotopic (exact) mass is 968 g/mol. The number of hydrogen-bond acceptors (Lipinski definition) is 13. The summed E-state index contributed by atoms with van der Waals surface area (Å²) in [4.78, 5) is 0. The first-order valence-electron chi connectivity index (χ1n) is 24.4. The molecule has 6 aromatic rings. The molecule has 0 aliphatic carbocycles. The van der Waals surface area contributed by atoms with Crippen molar-refractivity contribution >= 4 is 0 Å². The second kappa shape index (κ2) is 26.5. The number of aliphatic hydroxyl groups is 1. The van der Waals surface area contributed by atoms with Crippen LogP contribution in [0.2, 0.25) is 0 Å². The van der Waals surface area contributed by atoms with Crippen LogP contribution in [0.25, 0.3) is 0 Å². The Morgan fingerprint density at radius 2 is 0.620 bits per heavy atom. The lowest BCUT2D eigenvalue weighted by atomic mass is 10.1. The van der Waals surface area contributed by atoms with Crippen LogP contribution in [-0.2, 0) is 96.5 Å². The fraction of sp³-hybridized carbons (Fsp3) is 0.379. The number of methoxy groups -OCH3 is 1. The van der Waals surface area contributed by atoms with E-state index < -0.39 is 73.8 Å². The van der Waals surface area contributed by atoms with Crippen molar-refractivity contribution in [3.63, 3.8) is 0 Å². The van der Waals surface area contributed by atoms with Gasteiger partial charge in [0.15, 0.2) is 18.9 Å². The second-order valence-corrected chi connectivity index (χ2v) is 17.8. The molecule has 0 aromatic heterocycles. The van der Waals surface area contributed by atoms with Crippen LogP contribution in [0.5, 0.6) is 0 Å². The fourth-order valence-electron chi connectivity index (χ4n) is 8.99. The van der Waals surface area contributed by atoms with Crippen LogP contribution in [-0.4, -0.2) is 106 Å². The first-order valence-corrected chi connectivity index (χ1v) is 24.4. The van der Waals surface area contributed by atoms with Crippen molar-refractivity contribution in [2.45, 2.75) is 113 Å². The summed E-state index contributed by atoms with van der Waals surface area (Å²) in [5, 5.41) is 11.8. The highest BCUT2D eigenvalue weighted by Gasteiger charge is 2.52. The number of benzene rings is 6. The molecule has 3 aliphatic heterocycles. The zero-order chi connectivity index (χ0) is 48.5. The number of hydrogen-bond donors (Lipinski definition) is 1. The van der Waals surface area contributed by atoms with E-state index in [1.165, 1.54) is 0 Å². The summed E-state index contributed by atoms with van der Waals surface area (Å²) >= 11 is 0. The third-order valence-electron chi connectivity index (χ3n) is 12.7. The molecular weight excluding hydrogens is 905 g/mol. The van der Waals surface area contributed by atoms with Crippen LogP contribution in [0.15, 0.2) is 182 Å². The molecule has 3 aliphatic rings. The Bertz CT molecular complexity index is 2390. The standard InChI is InChI=1S/C58H64O13/c1-60-57-54(65-36-45-28-16-6-17-29-45)52(63-34-43-24-12-4-13-25-43)48(70-57)40-68-58-55(66-37-46-30-18-7-19-31-46)53(64-35-44-26-14-5-15-27-44)49(71-58)39-67-56-50(59)51(62-33-42-22-10-3-11-23-42)47(69-56)38-61-32-41-20-8-2-9-21-41/h2-31,47-59H,32-40H2,1H3/t47-,48-,49-,50+,51-,52-,53-,54+,55+,56+,57+,58+/m1/s1. The molecule has 71 heavy (non-hydrogen) atoms. The molecule has 0 bridgehead atoms. The van der Waals surface area contributed by atoms with E-state index in [4.69, 9.17) is 56.8 Å². The van der Waals surface area contributed by atoms with Crippen molar-refractivity contribution in [1.82, 2.24) is 0 Å². The van der Waals surface area contributed by atoms with Crippen molar-refractivity contribution in [3.8, 4) is 0 Å². The van der Waals surface area contributed by atoms with E-state index in [9.17, 15) is 5.11 Å². The van der Waals surface area contributed by atoms with Crippen LogP contribution in [0.3, 0.4) is 0 Å². The fourth-order valence-corrected chi connectivity index (χ4v) is 8.99. The molecule has 0 spiro atoms. The van der Waals surface area contributed by atoms with Gasteiger partial charge in [-0.25, -0.2) is 0 Å². The maximum atomic E-state index is 11.8. The SMILES string of the molecule is CO[C@H]1O[C@H](CO[C@H]2O[C@H](CO[C@H]3O[C@H](COCc4ccccc4)[C@@H](OCc4ccccc4)[C@@H]3O)[C@@H](OCc3ccccc3)[C@@H]2OCc2ccccc2)[C@@H](OCc2ccccc2)[C@@H]1OCc1ccccc1. The van der Waals surface area contributed by atoms with Crippen LogP contribution >= 0.6 is 0 Å². The van der Waals surface area contributed by atoms with E-state index in [0.717, 1.165) is 33.4 Å². The summed E-state index contributed by atoms with van der Waals surface area (Å²) < 4.78 is 78.0. The van der Waals surface area contributed by atoms with E-state index >= 15 is 0 Å². The van der Waals surface area contributed by atoms with Gasteiger partial charge in [-0.1, -0.05) is 182 Å². The molecular formula is C58H64O13. The van der Waals surface area contributed by atoms with E-state index in [1.807, 2.05) is 182 Å². The van der Waals surface area contributed by atoms with E-state index in [2.05, 4.69) is 0 Å². The van der Waals surface area contributed by atoms with Crippen molar-refractivity contribution in [1.29, 1.82) is 0 Å². The summed E-state index contributed by atoms with van der Waals surface area (Å²) in [6, 6.07) is 59.4. The highest BCUT2D eigenvalue weighted by Crippen LogP contribution is 2.35. The summed E-state index contributed by atoms with van der Waals surface area (Å²) in [5.74, 6) is 0. The van der Waals surface area contributed by atoms with Gasteiger partial charge in [0, 0.05) is 7.11 Å². The lowest BCUT2D eigenvalue weighted by molar-refractivity contribution is -0.222. The lowest BCUT2D eigenvalue weighted by Crippen LogP contribution is -2.42. The molecule has 0 amide bonds. The van der Waals surface area contributed by atoms with Gasteiger partial charge in [-0.15, -0.1) is 0 Å². The Hall–Kier alpha value is -5.20. The molecule has 12 atom stereocenters. The molecule has 3 heterocycles. The van der Waals surface area contributed by atoms with Crippen LogP contribution in [0, 0.1) is 0 Å². The molecule has 1 N–H and O–H groups in total. The molecule has 0 unspecified atom stereocenters. The zero-order valence-electron chi connectivity index (χ0n) is 40.0. The van der Waals surface area contributed by atoms with Gasteiger partial charge < -0.3 is 61.9 Å². The summed E-state index contributed by atoms with van der Waals surface area (Å²) in [6.45, 7) is 1.97. The van der Waals surface area contributed by atoms with Gasteiger partial charge in [0.25, 0.3) is 0 Å². The molecule has 13 heteroatoms. The molecule has 374 valence electrons. The van der Waals surface area contributed by atoms with Crippen LogP contribution in [0.1, 0.15) is 33.4 Å². The number of aliphatic hydroxyl groups excluding tert-OH is 1. The zero-order valence-corrected chi connectivity index (χ0v) is 40.0. The van der Waals surface area contributed by atoms with Gasteiger partial charge in [-0.2, -0.15) is 0 Å². The van der Waals surface area contributed by atoms with Crippen LogP contribution in [0.4, 0.5) is 0 Å². The van der Waals surface area contributed by atoms with Crippen molar-refractivity contribution in [2.75, 3.05) is 26.9 Å². The highest BCUT2D eigenvalue weighted by molar-refractivity contribution is 5.18. The van der Waals surface area contributed by atoms with Crippen LogP contribution < -0.4 is 0 Å². The molecule has 0 saturated carbocycles. The van der Waals surface area contributed by atoms with Crippen molar-refractivity contribution < 1.29 is 61.9 Å². The van der Waals surface area contributed by atoms with E-state index in [-0.39, 0.29) is 39.6 Å². The predicted molar refractivity (Wildman–Crippen MR) is 262 cm³/mol. The second-order valence-electron chi connectivity index (χ2n) is 17.8. The van der Waals surface area contributed by atoms with Gasteiger partial charge in [-0.3, -0.25) is 0 Å². The number of rotatable bonds is 26. The molecule has 0 radical (unpaired) electrons. The Balaban J connectivity index is 0.933. The quantitative estimate of drug-likeness (QED) is 0.0560. The number of ether oxygens (including phenoxy) is 12. The molecule has 3 fully saturated rings. The minimum Gasteiger partial charge on any atom is -0.385 e. The Morgan fingerprint density at radius 1 is 0.324 bits per heavy atom. The largest absolute Gasteiger partial charge is 0.385 e. The van der Waals surface area contributed by atoms with Gasteiger partial charge in [0.2, 0.25) is 0 Å². The third-order valence-corrected chi connectivity index (χ3v) is 12.7. The molecule has 9 rings (SSSR count). The lowest BCUT2D eigenvalue weighted by Gasteiger charge is -2.27. The minimum atomic E-state index is -1.15. The van der Waals surface area contributed by atoms with Crippen molar-refractivity contribution in [3.05, 3.63) is 215 Å². The highest BCUT2D eigenvalue weighted by atomic mass is 16.8. The van der Waals surface area contributed by atoms with Gasteiger partial charge >= 0.3 is 0 Å². The van der Waals surface area contributed by atoms with Gasteiger partial charge in [0.1, 0.15) is 54.9 Å². The maximum Gasteiger partial charge on any atom is 0.187 e. The first-order chi connectivity index (χ1) is 35.1.